The summed E-state index contributed by atoms with van der Waals surface area (Å²) in [6.45, 7) is 0.329. The van der Waals surface area contributed by atoms with Crippen LogP contribution in [0.5, 0.6) is 11.5 Å². The van der Waals surface area contributed by atoms with Crippen LogP contribution in [0.2, 0.25) is 0 Å². The first-order chi connectivity index (χ1) is 10.0. The second-order valence-corrected chi connectivity index (χ2v) is 6.93. The van der Waals surface area contributed by atoms with Crippen molar-refractivity contribution in [3.05, 3.63) is 24.3 Å². The summed E-state index contributed by atoms with van der Waals surface area (Å²) >= 11 is 0. The van der Waals surface area contributed by atoms with Crippen LogP contribution in [0, 0.1) is 5.41 Å². The molecule has 0 heterocycles. The van der Waals surface area contributed by atoms with Crippen molar-refractivity contribution < 1.29 is 23.6 Å². The number of methoxy groups -OCH3 is 1. The molecule has 116 valence electrons. The lowest BCUT2D eigenvalue weighted by molar-refractivity contribution is -0.138. The summed E-state index contributed by atoms with van der Waals surface area (Å²) in [7, 11) is 0.518. The highest BCUT2D eigenvalue weighted by Crippen LogP contribution is 2.49. The van der Waals surface area contributed by atoms with Gasteiger partial charge in [0.1, 0.15) is 0 Å². The molecule has 21 heavy (non-hydrogen) atoms. The summed E-state index contributed by atoms with van der Waals surface area (Å²) in [5, 5.41) is 8.85. The van der Waals surface area contributed by atoms with E-state index in [0.717, 1.165) is 12.8 Å². The van der Waals surface area contributed by atoms with Gasteiger partial charge < -0.3 is 14.6 Å². The average molecular weight is 312 g/mol. The minimum Gasteiger partial charge on any atom is -0.493 e. The SMILES string of the molecule is COc1ccccc1OCCS(=O)CC1(CC(=O)O)CC1. The number of para-hydroxylation sites is 2. The Morgan fingerprint density at radius 1 is 1.33 bits per heavy atom. The number of hydrogen-bond acceptors (Lipinski definition) is 4. The van der Waals surface area contributed by atoms with E-state index in [2.05, 4.69) is 0 Å². The lowest BCUT2D eigenvalue weighted by Gasteiger charge is -2.13. The molecule has 1 fully saturated rings. The number of carboxylic acids is 1. The molecule has 2 rings (SSSR count). The largest absolute Gasteiger partial charge is 0.493 e. The third-order valence-electron chi connectivity index (χ3n) is 3.59. The Labute approximate surface area is 126 Å². The Kier molecular flexibility index (Phi) is 5.22. The smallest absolute Gasteiger partial charge is 0.303 e. The zero-order valence-electron chi connectivity index (χ0n) is 12.0. The van der Waals surface area contributed by atoms with Crippen molar-refractivity contribution >= 4 is 16.8 Å². The third-order valence-corrected chi connectivity index (χ3v) is 5.14. The highest BCUT2D eigenvalue weighted by molar-refractivity contribution is 7.85. The molecule has 0 amide bonds. The minimum absolute atomic E-state index is 0.117. The van der Waals surface area contributed by atoms with Gasteiger partial charge in [-0.15, -0.1) is 0 Å². The van der Waals surface area contributed by atoms with Crippen molar-refractivity contribution in [2.45, 2.75) is 19.3 Å². The molecule has 1 unspecified atom stereocenters. The van der Waals surface area contributed by atoms with Gasteiger partial charge in [-0.3, -0.25) is 9.00 Å². The third kappa shape index (κ3) is 4.74. The van der Waals surface area contributed by atoms with Crippen molar-refractivity contribution in [1.82, 2.24) is 0 Å². The van der Waals surface area contributed by atoms with Gasteiger partial charge in [0.2, 0.25) is 0 Å². The van der Waals surface area contributed by atoms with E-state index in [1.165, 1.54) is 0 Å². The van der Waals surface area contributed by atoms with E-state index in [-0.39, 0.29) is 11.8 Å². The van der Waals surface area contributed by atoms with Crippen LogP contribution in [-0.4, -0.2) is 40.5 Å². The standard InChI is InChI=1S/C15H20O5S/c1-19-12-4-2-3-5-13(12)20-8-9-21(18)11-15(6-7-15)10-14(16)17/h2-5H,6-11H2,1H3,(H,16,17). The van der Waals surface area contributed by atoms with Crippen molar-refractivity contribution in [2.24, 2.45) is 5.41 Å². The fourth-order valence-corrected chi connectivity index (χ4v) is 3.75. The van der Waals surface area contributed by atoms with E-state index in [1.54, 1.807) is 19.2 Å². The lowest BCUT2D eigenvalue weighted by Crippen LogP contribution is -2.20. The number of hydrogen-bond donors (Lipinski definition) is 1. The lowest BCUT2D eigenvalue weighted by atomic mass is 10.1. The second kappa shape index (κ2) is 6.93. The van der Waals surface area contributed by atoms with Gasteiger partial charge in [-0.05, 0) is 30.4 Å². The van der Waals surface area contributed by atoms with E-state index < -0.39 is 16.8 Å². The monoisotopic (exact) mass is 312 g/mol. The first-order valence-electron chi connectivity index (χ1n) is 6.87. The molecule has 1 atom stereocenters. The van der Waals surface area contributed by atoms with Crippen LogP contribution < -0.4 is 9.47 Å². The molecule has 1 aliphatic rings. The zero-order valence-corrected chi connectivity index (χ0v) is 12.9. The van der Waals surface area contributed by atoms with E-state index in [1.807, 2.05) is 12.1 Å². The van der Waals surface area contributed by atoms with Crippen LogP contribution in [0.4, 0.5) is 0 Å². The molecule has 1 aromatic rings. The first kappa shape index (κ1) is 15.8. The highest BCUT2D eigenvalue weighted by Gasteiger charge is 2.45. The normalized spacial score (nSPS) is 17.0. The van der Waals surface area contributed by atoms with Crippen LogP contribution in [0.1, 0.15) is 19.3 Å². The van der Waals surface area contributed by atoms with Crippen molar-refractivity contribution in [2.75, 3.05) is 25.2 Å². The van der Waals surface area contributed by atoms with E-state index in [4.69, 9.17) is 14.6 Å². The molecule has 0 aliphatic heterocycles. The van der Waals surface area contributed by atoms with Crippen molar-refractivity contribution in [3.63, 3.8) is 0 Å². The number of carboxylic acid groups (broad SMARTS) is 1. The molecule has 5 nitrogen and oxygen atoms in total. The predicted molar refractivity (Wildman–Crippen MR) is 80.3 cm³/mol. The van der Waals surface area contributed by atoms with Crippen LogP contribution in [0.25, 0.3) is 0 Å². The van der Waals surface area contributed by atoms with Crippen molar-refractivity contribution in [3.8, 4) is 11.5 Å². The van der Waals surface area contributed by atoms with E-state index in [9.17, 15) is 9.00 Å². The Morgan fingerprint density at radius 3 is 2.57 bits per heavy atom. The maximum absolute atomic E-state index is 12.0. The summed E-state index contributed by atoms with van der Waals surface area (Å²) in [4.78, 5) is 10.8. The Hall–Kier alpha value is -1.56. The van der Waals surface area contributed by atoms with Crippen molar-refractivity contribution in [1.29, 1.82) is 0 Å². The van der Waals surface area contributed by atoms with Crippen LogP contribution in [0.3, 0.4) is 0 Å². The topological polar surface area (TPSA) is 72.8 Å². The summed E-state index contributed by atoms with van der Waals surface area (Å²) in [5.74, 6) is 1.32. The molecular weight excluding hydrogens is 292 g/mol. The zero-order chi connectivity index (χ0) is 15.3. The Morgan fingerprint density at radius 2 is 2.00 bits per heavy atom. The fourth-order valence-electron chi connectivity index (χ4n) is 2.27. The number of rotatable bonds is 9. The molecule has 0 radical (unpaired) electrons. The summed E-state index contributed by atoms with van der Waals surface area (Å²) in [6.07, 6.45) is 1.84. The Balaban J connectivity index is 1.76. The molecule has 1 N–H and O–H groups in total. The predicted octanol–water partition coefficient (Wildman–Crippen LogP) is 2.08. The molecular formula is C15H20O5S. The van der Waals surface area contributed by atoms with E-state index in [0.29, 0.717) is 29.6 Å². The van der Waals surface area contributed by atoms with Gasteiger partial charge in [-0.25, -0.2) is 0 Å². The molecule has 0 saturated heterocycles. The van der Waals surface area contributed by atoms with Gasteiger partial charge in [0.15, 0.2) is 11.5 Å². The number of ether oxygens (including phenoxy) is 2. The molecule has 1 aliphatic carbocycles. The number of carbonyl (C=O) groups is 1. The fraction of sp³-hybridized carbons (Fsp3) is 0.533. The second-order valence-electron chi connectivity index (χ2n) is 5.36. The molecule has 0 aromatic heterocycles. The van der Waals surface area contributed by atoms with Gasteiger partial charge in [0.25, 0.3) is 0 Å². The van der Waals surface area contributed by atoms with E-state index >= 15 is 0 Å². The number of aliphatic carboxylic acids is 1. The number of benzene rings is 1. The van der Waals surface area contributed by atoms with Crippen LogP contribution in [0.15, 0.2) is 24.3 Å². The van der Waals surface area contributed by atoms with Gasteiger partial charge in [0.05, 0.1) is 25.9 Å². The molecule has 1 aromatic carbocycles. The molecule has 6 heteroatoms. The Bertz CT molecular complexity index is 525. The van der Waals surface area contributed by atoms with Gasteiger partial charge >= 0.3 is 5.97 Å². The summed E-state index contributed by atoms with van der Waals surface area (Å²) < 4.78 is 22.8. The van der Waals surface area contributed by atoms with Gasteiger partial charge in [0, 0.05) is 16.6 Å². The minimum atomic E-state index is -1.05. The van der Waals surface area contributed by atoms with Crippen LogP contribution in [-0.2, 0) is 15.6 Å². The molecule has 0 bridgehead atoms. The molecule has 1 saturated carbocycles. The maximum atomic E-state index is 12.0. The maximum Gasteiger partial charge on any atom is 0.303 e. The quantitative estimate of drug-likeness (QED) is 0.756. The summed E-state index contributed by atoms with van der Waals surface area (Å²) in [5.41, 5.74) is -0.235. The van der Waals surface area contributed by atoms with Crippen LogP contribution >= 0.6 is 0 Å². The summed E-state index contributed by atoms with van der Waals surface area (Å²) in [6, 6.07) is 7.31. The first-order valence-corrected chi connectivity index (χ1v) is 8.36. The van der Waals surface area contributed by atoms with Gasteiger partial charge in [-0.1, -0.05) is 12.1 Å². The van der Waals surface area contributed by atoms with Gasteiger partial charge in [-0.2, -0.15) is 0 Å². The highest BCUT2D eigenvalue weighted by atomic mass is 32.2. The molecule has 0 spiro atoms. The average Bonchev–Trinajstić information content (AvgIpc) is 3.17.